The van der Waals surface area contributed by atoms with Gasteiger partial charge in [0.15, 0.2) is 16.6 Å². The van der Waals surface area contributed by atoms with Crippen molar-refractivity contribution in [2.75, 3.05) is 39.8 Å². The van der Waals surface area contributed by atoms with Crippen LogP contribution >= 0.6 is 23.8 Å². The molecule has 8 heteroatoms. The Balaban J connectivity index is 1.65. The molecule has 1 N–H and O–H groups in total. The van der Waals surface area contributed by atoms with Crippen LogP contribution in [0.2, 0.25) is 5.02 Å². The number of rotatable bonds is 7. The normalized spacial score (nSPS) is 14.7. The Labute approximate surface area is 216 Å². The van der Waals surface area contributed by atoms with E-state index < -0.39 is 0 Å². The van der Waals surface area contributed by atoms with Gasteiger partial charge in [-0.25, -0.2) is 0 Å². The summed E-state index contributed by atoms with van der Waals surface area (Å²) in [6.45, 7) is 3.09. The first-order valence-corrected chi connectivity index (χ1v) is 12.1. The summed E-state index contributed by atoms with van der Waals surface area (Å²) in [5, 5.41) is 4.69. The topological polar surface area (TPSA) is 52.2 Å². The first kappa shape index (κ1) is 24.9. The molecule has 35 heavy (non-hydrogen) atoms. The highest BCUT2D eigenvalue weighted by Gasteiger charge is 2.31. The second-order valence-electron chi connectivity index (χ2n) is 8.19. The third-order valence-corrected chi connectivity index (χ3v) is 6.99. The van der Waals surface area contributed by atoms with Gasteiger partial charge < -0.3 is 29.2 Å². The summed E-state index contributed by atoms with van der Waals surface area (Å²) in [6.07, 6.45) is 0.811. The largest absolute Gasteiger partial charge is 0.497 e. The maximum absolute atomic E-state index is 6.33. The van der Waals surface area contributed by atoms with Gasteiger partial charge in [-0.2, -0.15) is 0 Å². The number of anilines is 1. The lowest BCUT2D eigenvalue weighted by Gasteiger charge is -2.39. The lowest BCUT2D eigenvalue weighted by atomic mass is 9.92. The quantitative estimate of drug-likeness (QED) is 0.387. The fraction of sp³-hybridized carbons (Fsp3) is 0.296. The highest BCUT2D eigenvalue weighted by molar-refractivity contribution is 7.80. The number of methoxy groups -OCH3 is 3. The molecule has 0 saturated heterocycles. The number of hydrogen-bond acceptors (Lipinski definition) is 5. The summed E-state index contributed by atoms with van der Waals surface area (Å²) in [6, 6.07) is 17.2. The zero-order valence-corrected chi connectivity index (χ0v) is 21.8. The van der Waals surface area contributed by atoms with Gasteiger partial charge in [-0.3, -0.25) is 0 Å². The van der Waals surface area contributed by atoms with Crippen molar-refractivity contribution in [3.05, 3.63) is 76.3 Å². The minimum absolute atomic E-state index is 0.139. The molecule has 1 heterocycles. The molecule has 1 unspecified atom stereocenters. The van der Waals surface area contributed by atoms with E-state index in [2.05, 4.69) is 10.2 Å². The van der Waals surface area contributed by atoms with Crippen molar-refractivity contribution in [2.45, 2.75) is 19.4 Å². The van der Waals surface area contributed by atoms with Crippen LogP contribution < -0.4 is 24.3 Å². The molecule has 0 saturated carbocycles. The molecule has 0 spiro atoms. The second-order valence-corrected chi connectivity index (χ2v) is 8.99. The van der Waals surface area contributed by atoms with Crippen LogP contribution in [0, 0.1) is 6.92 Å². The van der Waals surface area contributed by atoms with Gasteiger partial charge >= 0.3 is 0 Å². The summed E-state index contributed by atoms with van der Waals surface area (Å²) in [5.74, 6) is 2.92. The molecule has 4 rings (SSSR count). The Morgan fingerprint density at radius 2 is 1.69 bits per heavy atom. The van der Waals surface area contributed by atoms with E-state index in [4.69, 9.17) is 42.8 Å². The highest BCUT2D eigenvalue weighted by atomic mass is 35.5. The van der Waals surface area contributed by atoms with E-state index in [-0.39, 0.29) is 6.04 Å². The SMILES string of the molecule is COc1ccc(OCC2c3cc(OC)c(OC)cc3CCN2C(=S)Nc2cccc(Cl)c2C)cc1. The molecule has 0 bridgehead atoms. The number of benzene rings is 3. The van der Waals surface area contributed by atoms with Gasteiger partial charge in [0.05, 0.1) is 27.4 Å². The van der Waals surface area contributed by atoms with Gasteiger partial charge in [0.2, 0.25) is 0 Å². The molecule has 3 aromatic carbocycles. The Hall–Kier alpha value is -3.16. The molecule has 0 amide bonds. The predicted molar refractivity (Wildman–Crippen MR) is 144 cm³/mol. The van der Waals surface area contributed by atoms with Crippen LogP contribution in [-0.4, -0.2) is 44.5 Å². The molecule has 0 radical (unpaired) electrons. The van der Waals surface area contributed by atoms with Crippen molar-refractivity contribution in [2.24, 2.45) is 0 Å². The van der Waals surface area contributed by atoms with Gasteiger partial charge in [0.25, 0.3) is 0 Å². The van der Waals surface area contributed by atoms with Crippen molar-refractivity contribution in [1.29, 1.82) is 0 Å². The molecule has 0 aromatic heterocycles. The molecule has 1 atom stereocenters. The van der Waals surface area contributed by atoms with E-state index in [1.165, 1.54) is 5.56 Å². The number of nitrogens with zero attached hydrogens (tertiary/aromatic N) is 1. The van der Waals surface area contributed by atoms with Crippen LogP contribution in [-0.2, 0) is 6.42 Å². The van der Waals surface area contributed by atoms with Crippen LogP contribution in [0.3, 0.4) is 0 Å². The Morgan fingerprint density at radius 1 is 1.00 bits per heavy atom. The van der Waals surface area contributed by atoms with Crippen LogP contribution in [0.5, 0.6) is 23.0 Å². The Morgan fingerprint density at radius 3 is 2.37 bits per heavy atom. The van der Waals surface area contributed by atoms with E-state index in [0.29, 0.717) is 28.2 Å². The summed E-state index contributed by atoms with van der Waals surface area (Å²) < 4.78 is 22.6. The monoisotopic (exact) mass is 512 g/mol. The predicted octanol–water partition coefficient (Wildman–Crippen LogP) is 6.05. The third-order valence-electron chi connectivity index (χ3n) is 6.24. The van der Waals surface area contributed by atoms with E-state index in [1.807, 2.05) is 61.5 Å². The van der Waals surface area contributed by atoms with Crippen molar-refractivity contribution < 1.29 is 18.9 Å². The van der Waals surface area contributed by atoms with Crippen molar-refractivity contribution in [1.82, 2.24) is 4.90 Å². The maximum atomic E-state index is 6.33. The van der Waals surface area contributed by atoms with Crippen molar-refractivity contribution >= 4 is 34.6 Å². The van der Waals surface area contributed by atoms with E-state index >= 15 is 0 Å². The smallest absolute Gasteiger partial charge is 0.174 e. The number of halogens is 1. The molecule has 6 nitrogen and oxygen atoms in total. The molecule has 0 fully saturated rings. The fourth-order valence-corrected chi connectivity index (χ4v) is 4.73. The molecular weight excluding hydrogens is 484 g/mol. The van der Waals surface area contributed by atoms with Gasteiger partial charge in [-0.15, -0.1) is 0 Å². The summed E-state index contributed by atoms with van der Waals surface area (Å²) in [7, 11) is 4.93. The number of thiocarbonyl (C=S) groups is 1. The van der Waals surface area contributed by atoms with Gasteiger partial charge in [-0.05, 0) is 90.8 Å². The van der Waals surface area contributed by atoms with Crippen LogP contribution in [0.15, 0.2) is 54.6 Å². The van der Waals surface area contributed by atoms with Gasteiger partial charge in [0.1, 0.15) is 18.1 Å². The van der Waals surface area contributed by atoms with Crippen LogP contribution in [0.4, 0.5) is 5.69 Å². The van der Waals surface area contributed by atoms with Gasteiger partial charge in [0, 0.05) is 17.3 Å². The average Bonchev–Trinajstić information content (AvgIpc) is 2.89. The zero-order valence-electron chi connectivity index (χ0n) is 20.3. The minimum Gasteiger partial charge on any atom is -0.497 e. The number of fused-ring (bicyclic) bond motifs is 1. The van der Waals surface area contributed by atoms with Crippen LogP contribution in [0.25, 0.3) is 0 Å². The number of nitrogens with one attached hydrogen (secondary N) is 1. The van der Waals surface area contributed by atoms with Crippen LogP contribution in [0.1, 0.15) is 22.7 Å². The molecule has 1 aliphatic heterocycles. The Bertz CT molecular complexity index is 1200. The van der Waals surface area contributed by atoms with E-state index in [0.717, 1.165) is 41.3 Å². The first-order valence-electron chi connectivity index (χ1n) is 11.3. The second kappa shape index (κ2) is 11.1. The summed E-state index contributed by atoms with van der Waals surface area (Å²) >= 11 is 12.2. The lowest BCUT2D eigenvalue weighted by molar-refractivity contribution is 0.190. The first-order chi connectivity index (χ1) is 16.9. The van der Waals surface area contributed by atoms with Gasteiger partial charge in [-0.1, -0.05) is 17.7 Å². The average molecular weight is 513 g/mol. The number of hydrogen-bond donors (Lipinski definition) is 1. The third kappa shape index (κ3) is 5.41. The fourth-order valence-electron chi connectivity index (χ4n) is 4.23. The summed E-state index contributed by atoms with van der Waals surface area (Å²) in [4.78, 5) is 2.16. The van der Waals surface area contributed by atoms with Crippen molar-refractivity contribution in [3.63, 3.8) is 0 Å². The van der Waals surface area contributed by atoms with E-state index in [9.17, 15) is 0 Å². The summed E-state index contributed by atoms with van der Waals surface area (Å²) in [5.41, 5.74) is 4.11. The lowest BCUT2D eigenvalue weighted by Crippen LogP contribution is -2.44. The molecule has 1 aliphatic rings. The molecule has 0 aliphatic carbocycles. The molecule has 3 aromatic rings. The minimum atomic E-state index is -0.139. The maximum Gasteiger partial charge on any atom is 0.174 e. The van der Waals surface area contributed by atoms with E-state index in [1.54, 1.807) is 21.3 Å². The number of ether oxygens (including phenoxy) is 4. The zero-order chi connectivity index (χ0) is 24.9. The van der Waals surface area contributed by atoms with Crippen molar-refractivity contribution in [3.8, 4) is 23.0 Å². The molecule has 184 valence electrons. The molecular formula is C27H29ClN2O4S. The highest BCUT2D eigenvalue weighted by Crippen LogP contribution is 2.39. The standard InChI is InChI=1S/C27H29ClN2O4S/c1-17-22(28)6-5-7-23(17)29-27(35)30-13-12-18-14-25(32-3)26(33-4)15-21(18)24(30)16-34-20-10-8-19(31-2)9-11-20/h5-11,14-15,24H,12-13,16H2,1-4H3,(H,29,35). The Kier molecular flexibility index (Phi) is 7.88.